The normalized spacial score (nSPS) is 23.5. The van der Waals surface area contributed by atoms with Crippen molar-refractivity contribution >= 4 is 11.8 Å². The molecule has 0 spiro atoms. The number of benzene rings is 1. The van der Waals surface area contributed by atoms with Crippen LogP contribution < -0.4 is 5.32 Å². The molecule has 7 heteroatoms. The van der Waals surface area contributed by atoms with Crippen molar-refractivity contribution in [2.24, 2.45) is 7.05 Å². The number of hydrogen-bond acceptors (Lipinski definition) is 5. The van der Waals surface area contributed by atoms with Gasteiger partial charge in [-0.25, -0.2) is 4.39 Å². The van der Waals surface area contributed by atoms with Gasteiger partial charge in [-0.1, -0.05) is 6.42 Å². The number of piperidine rings is 2. The van der Waals surface area contributed by atoms with Crippen LogP contribution in [0.2, 0.25) is 0 Å². The average molecular weight is 425 g/mol. The van der Waals surface area contributed by atoms with E-state index in [9.17, 15) is 9.50 Å². The number of phenolic OH excluding ortho intramolecular Hbond substituents is 1. The number of phenols is 1. The number of aromatic hydroxyl groups is 1. The fourth-order valence-electron chi connectivity index (χ4n) is 4.66. The summed E-state index contributed by atoms with van der Waals surface area (Å²) in [6.07, 6.45) is 9.85. The highest BCUT2D eigenvalue weighted by molar-refractivity contribution is 7.99. The van der Waals surface area contributed by atoms with E-state index in [-0.39, 0.29) is 5.75 Å². The SMILES string of the molecule is Cn1ccc(-c2cc(O)c(-c3ccc(SC4CC5CCCC(C4)N5)nn3)cc2F)c1. The predicted molar refractivity (Wildman–Crippen MR) is 117 cm³/mol. The van der Waals surface area contributed by atoms with Gasteiger partial charge in [0, 0.05) is 53.5 Å². The van der Waals surface area contributed by atoms with Gasteiger partial charge in [0.2, 0.25) is 0 Å². The lowest BCUT2D eigenvalue weighted by Gasteiger charge is -2.39. The Morgan fingerprint density at radius 1 is 1.10 bits per heavy atom. The first-order chi connectivity index (χ1) is 14.5. The van der Waals surface area contributed by atoms with Crippen LogP contribution in [0.4, 0.5) is 4.39 Å². The molecule has 2 N–H and O–H groups in total. The van der Waals surface area contributed by atoms with Gasteiger partial charge < -0.3 is 15.0 Å². The Kier molecular flexibility index (Phi) is 5.25. The third-order valence-electron chi connectivity index (χ3n) is 6.10. The smallest absolute Gasteiger partial charge is 0.132 e. The Morgan fingerprint density at radius 2 is 1.90 bits per heavy atom. The van der Waals surface area contributed by atoms with Crippen LogP contribution in [0.3, 0.4) is 0 Å². The fourth-order valence-corrected chi connectivity index (χ4v) is 5.89. The van der Waals surface area contributed by atoms with Crippen LogP contribution in [0, 0.1) is 5.82 Å². The van der Waals surface area contributed by atoms with Crippen LogP contribution in [0.1, 0.15) is 32.1 Å². The van der Waals surface area contributed by atoms with Crippen LogP contribution in [0.5, 0.6) is 5.75 Å². The minimum atomic E-state index is -0.393. The highest BCUT2D eigenvalue weighted by Crippen LogP contribution is 2.37. The second-order valence-corrected chi connectivity index (χ2v) is 9.69. The Bertz CT molecular complexity index is 1040. The lowest BCUT2D eigenvalue weighted by atomic mass is 9.87. The molecular weight excluding hydrogens is 399 g/mol. The Hall–Kier alpha value is -2.38. The zero-order valence-electron chi connectivity index (χ0n) is 16.9. The van der Waals surface area contributed by atoms with E-state index in [0.29, 0.717) is 34.2 Å². The van der Waals surface area contributed by atoms with E-state index in [2.05, 4.69) is 15.5 Å². The van der Waals surface area contributed by atoms with Crippen LogP contribution in [0.15, 0.2) is 47.8 Å². The molecule has 2 atom stereocenters. The molecule has 0 radical (unpaired) electrons. The molecule has 0 aliphatic carbocycles. The Morgan fingerprint density at radius 3 is 2.57 bits per heavy atom. The molecule has 4 heterocycles. The summed E-state index contributed by atoms with van der Waals surface area (Å²) in [4.78, 5) is 0. The zero-order valence-corrected chi connectivity index (χ0v) is 17.7. The molecule has 2 fully saturated rings. The maximum atomic E-state index is 14.7. The number of rotatable bonds is 4. The Balaban J connectivity index is 1.33. The summed E-state index contributed by atoms with van der Waals surface area (Å²) in [6.45, 7) is 0. The topological polar surface area (TPSA) is 63.0 Å². The van der Waals surface area contributed by atoms with Crippen LogP contribution >= 0.6 is 11.8 Å². The van der Waals surface area contributed by atoms with Gasteiger partial charge in [0.05, 0.1) is 5.69 Å². The highest BCUT2D eigenvalue weighted by Gasteiger charge is 2.31. The van der Waals surface area contributed by atoms with Gasteiger partial charge >= 0.3 is 0 Å². The van der Waals surface area contributed by atoms with Gasteiger partial charge in [0.1, 0.15) is 16.6 Å². The van der Waals surface area contributed by atoms with Crippen molar-refractivity contribution in [1.29, 1.82) is 0 Å². The minimum absolute atomic E-state index is 0.00358. The first-order valence-electron chi connectivity index (χ1n) is 10.5. The third-order valence-corrected chi connectivity index (χ3v) is 7.28. The Labute approximate surface area is 179 Å². The van der Waals surface area contributed by atoms with Crippen molar-refractivity contribution in [3.8, 4) is 28.1 Å². The number of thioether (sulfide) groups is 1. The van der Waals surface area contributed by atoms with Crippen molar-refractivity contribution in [3.63, 3.8) is 0 Å². The van der Waals surface area contributed by atoms with E-state index in [1.54, 1.807) is 11.8 Å². The van der Waals surface area contributed by atoms with Gasteiger partial charge in [0.15, 0.2) is 0 Å². The molecule has 30 heavy (non-hydrogen) atoms. The predicted octanol–water partition coefficient (Wildman–Crippen LogP) is 4.76. The lowest BCUT2D eigenvalue weighted by Crippen LogP contribution is -2.49. The van der Waals surface area contributed by atoms with Crippen molar-refractivity contribution in [3.05, 3.63) is 48.5 Å². The molecule has 156 valence electrons. The third kappa shape index (κ3) is 3.96. The summed E-state index contributed by atoms with van der Waals surface area (Å²) in [6, 6.07) is 9.61. The molecule has 2 saturated heterocycles. The van der Waals surface area contributed by atoms with Crippen molar-refractivity contribution in [2.75, 3.05) is 0 Å². The molecule has 2 unspecified atom stereocenters. The molecule has 5 rings (SSSR count). The van der Waals surface area contributed by atoms with Gasteiger partial charge in [-0.05, 0) is 56.0 Å². The maximum Gasteiger partial charge on any atom is 0.132 e. The summed E-state index contributed by atoms with van der Waals surface area (Å²) in [5.74, 6) is -0.397. The molecule has 2 aromatic heterocycles. The number of fused-ring (bicyclic) bond motifs is 2. The summed E-state index contributed by atoms with van der Waals surface area (Å²) < 4.78 is 16.6. The van der Waals surface area contributed by atoms with E-state index >= 15 is 0 Å². The number of halogens is 1. The van der Waals surface area contributed by atoms with Crippen molar-refractivity contribution in [1.82, 2.24) is 20.1 Å². The quantitative estimate of drug-likeness (QED) is 0.632. The summed E-state index contributed by atoms with van der Waals surface area (Å²) in [7, 11) is 1.88. The molecule has 2 aliphatic rings. The number of aromatic nitrogens is 3. The first-order valence-corrected chi connectivity index (χ1v) is 11.3. The zero-order chi connectivity index (χ0) is 20.7. The van der Waals surface area contributed by atoms with Crippen molar-refractivity contribution in [2.45, 2.75) is 54.5 Å². The molecule has 2 bridgehead atoms. The molecule has 1 aromatic carbocycles. The van der Waals surface area contributed by atoms with Crippen LogP contribution in [-0.4, -0.2) is 37.2 Å². The minimum Gasteiger partial charge on any atom is -0.507 e. The molecule has 2 aliphatic heterocycles. The first kappa shape index (κ1) is 19.6. The largest absolute Gasteiger partial charge is 0.507 e. The van der Waals surface area contributed by atoms with E-state index in [1.807, 2.05) is 42.2 Å². The standard InChI is InChI=1S/C23H25FN4OS/c1-28-8-7-14(13-28)18-12-22(29)19(11-20(18)24)21-5-6-23(27-26-21)30-17-9-15-3-2-4-16(10-17)25-15/h5-8,11-13,15-17,25,29H,2-4,9-10H2,1H3. The second kappa shape index (κ2) is 8.04. The maximum absolute atomic E-state index is 14.7. The molecule has 0 saturated carbocycles. The van der Waals surface area contributed by atoms with E-state index < -0.39 is 5.82 Å². The highest BCUT2D eigenvalue weighted by atomic mass is 32.2. The average Bonchev–Trinajstić information content (AvgIpc) is 3.16. The fraction of sp³-hybridized carbons (Fsp3) is 0.391. The van der Waals surface area contributed by atoms with Gasteiger partial charge in [0.25, 0.3) is 0 Å². The van der Waals surface area contributed by atoms with Crippen LogP contribution in [-0.2, 0) is 7.05 Å². The molecular formula is C23H25FN4OS. The van der Waals surface area contributed by atoms with Crippen molar-refractivity contribution < 1.29 is 9.50 Å². The van der Waals surface area contributed by atoms with Gasteiger partial charge in [-0.15, -0.1) is 22.0 Å². The van der Waals surface area contributed by atoms with Gasteiger partial charge in [-0.3, -0.25) is 0 Å². The molecule has 3 aromatic rings. The number of nitrogens with one attached hydrogen (secondary N) is 1. The summed E-state index contributed by atoms with van der Waals surface area (Å²) >= 11 is 1.78. The lowest BCUT2D eigenvalue weighted by molar-refractivity contribution is 0.249. The number of nitrogens with zero attached hydrogens (tertiary/aromatic N) is 3. The van der Waals surface area contributed by atoms with E-state index in [1.165, 1.54) is 31.4 Å². The summed E-state index contributed by atoms with van der Waals surface area (Å²) in [5, 5.41) is 24.3. The number of hydrogen-bond donors (Lipinski definition) is 2. The van der Waals surface area contributed by atoms with Crippen LogP contribution in [0.25, 0.3) is 22.4 Å². The monoisotopic (exact) mass is 424 g/mol. The molecule has 5 nitrogen and oxygen atoms in total. The van der Waals surface area contributed by atoms with E-state index in [4.69, 9.17) is 0 Å². The number of aryl methyl sites for hydroxylation is 1. The summed E-state index contributed by atoms with van der Waals surface area (Å²) in [5.41, 5.74) is 1.92. The molecule has 0 amide bonds. The van der Waals surface area contributed by atoms with E-state index in [0.717, 1.165) is 23.4 Å². The second-order valence-electron chi connectivity index (χ2n) is 8.37. The van der Waals surface area contributed by atoms with Gasteiger partial charge in [-0.2, -0.15) is 0 Å².